The zero-order valence-electron chi connectivity index (χ0n) is 10.4. The highest BCUT2D eigenvalue weighted by Crippen LogP contribution is 2.18. The average Bonchev–Trinajstić information content (AvgIpc) is 2.46. The Morgan fingerprint density at radius 2 is 1.67 bits per heavy atom. The van der Waals surface area contributed by atoms with E-state index in [9.17, 15) is 4.79 Å². The summed E-state index contributed by atoms with van der Waals surface area (Å²) < 4.78 is 5.59. The fraction of sp³-hybridized carbons (Fsp3) is 0.188. The third-order valence-corrected chi connectivity index (χ3v) is 2.81. The smallest absolute Gasteiger partial charge is 0.200 e. The Kier molecular flexibility index (Phi) is 4.13. The van der Waals surface area contributed by atoms with Crippen molar-refractivity contribution in [3.63, 3.8) is 0 Å². The van der Waals surface area contributed by atoms with Gasteiger partial charge in [-0.15, -0.1) is 0 Å². The molecule has 0 atom stereocenters. The summed E-state index contributed by atoms with van der Waals surface area (Å²) in [7, 11) is 0. The molecule has 0 unspecified atom stereocenters. The van der Waals surface area contributed by atoms with Crippen molar-refractivity contribution in [2.24, 2.45) is 0 Å². The van der Waals surface area contributed by atoms with E-state index in [4.69, 9.17) is 4.74 Å². The molecule has 0 amide bonds. The molecule has 2 aromatic carbocycles. The number of ether oxygens (including phenoxy) is 1. The van der Waals surface area contributed by atoms with Crippen molar-refractivity contribution in [2.75, 3.05) is 6.61 Å². The van der Waals surface area contributed by atoms with Crippen molar-refractivity contribution in [2.45, 2.75) is 13.3 Å². The maximum Gasteiger partial charge on any atom is 0.200 e. The second-order valence-electron chi connectivity index (χ2n) is 4.04. The van der Waals surface area contributed by atoms with Gasteiger partial charge in [-0.3, -0.25) is 4.79 Å². The van der Waals surface area contributed by atoms with E-state index in [0.717, 1.165) is 17.7 Å². The van der Waals surface area contributed by atoms with Crippen molar-refractivity contribution in [3.05, 3.63) is 65.7 Å². The SMILES string of the molecule is CCc1ccccc1OCC(=O)c1ccccc1. The number of carbonyl (C=O) groups is 1. The predicted molar refractivity (Wildman–Crippen MR) is 72.1 cm³/mol. The summed E-state index contributed by atoms with van der Waals surface area (Å²) in [6, 6.07) is 17.0. The van der Waals surface area contributed by atoms with E-state index >= 15 is 0 Å². The second kappa shape index (κ2) is 6.01. The van der Waals surface area contributed by atoms with Crippen LogP contribution in [-0.4, -0.2) is 12.4 Å². The number of aryl methyl sites for hydroxylation is 1. The van der Waals surface area contributed by atoms with Crippen LogP contribution in [0.2, 0.25) is 0 Å². The first-order chi connectivity index (χ1) is 8.81. The molecule has 0 bridgehead atoms. The zero-order chi connectivity index (χ0) is 12.8. The minimum Gasteiger partial charge on any atom is -0.485 e. The van der Waals surface area contributed by atoms with Crippen LogP contribution in [0.4, 0.5) is 0 Å². The largest absolute Gasteiger partial charge is 0.485 e. The molecule has 0 saturated carbocycles. The van der Waals surface area contributed by atoms with Gasteiger partial charge in [-0.1, -0.05) is 55.5 Å². The summed E-state index contributed by atoms with van der Waals surface area (Å²) in [6.45, 7) is 2.15. The lowest BCUT2D eigenvalue weighted by Gasteiger charge is -2.09. The molecule has 0 aromatic heterocycles. The molecule has 2 nitrogen and oxygen atoms in total. The maximum absolute atomic E-state index is 11.9. The summed E-state index contributed by atoms with van der Waals surface area (Å²) >= 11 is 0. The van der Waals surface area contributed by atoms with Crippen molar-refractivity contribution >= 4 is 5.78 Å². The summed E-state index contributed by atoms with van der Waals surface area (Å²) in [5.41, 5.74) is 1.81. The number of hydrogen-bond donors (Lipinski definition) is 0. The van der Waals surface area contributed by atoms with E-state index in [1.54, 1.807) is 12.1 Å². The highest BCUT2D eigenvalue weighted by Gasteiger charge is 2.07. The van der Waals surface area contributed by atoms with Crippen LogP contribution in [0, 0.1) is 0 Å². The monoisotopic (exact) mass is 240 g/mol. The lowest BCUT2D eigenvalue weighted by molar-refractivity contribution is 0.0921. The van der Waals surface area contributed by atoms with Crippen LogP contribution in [-0.2, 0) is 6.42 Å². The standard InChI is InChI=1S/C16H16O2/c1-2-13-8-6-7-11-16(13)18-12-15(17)14-9-4-3-5-10-14/h3-11H,2,12H2,1H3. The number of Topliss-reactive ketones (excluding diaryl/α,β-unsaturated/α-hetero) is 1. The highest BCUT2D eigenvalue weighted by atomic mass is 16.5. The Hall–Kier alpha value is -2.09. The quantitative estimate of drug-likeness (QED) is 0.747. The minimum absolute atomic E-state index is 0.00139. The van der Waals surface area contributed by atoms with E-state index in [-0.39, 0.29) is 12.4 Å². The number of carbonyl (C=O) groups excluding carboxylic acids is 1. The van der Waals surface area contributed by atoms with E-state index < -0.39 is 0 Å². The number of para-hydroxylation sites is 1. The number of hydrogen-bond acceptors (Lipinski definition) is 2. The van der Waals surface area contributed by atoms with Gasteiger partial charge in [-0.05, 0) is 18.1 Å². The van der Waals surface area contributed by atoms with Gasteiger partial charge in [0, 0.05) is 5.56 Å². The highest BCUT2D eigenvalue weighted by molar-refractivity contribution is 5.97. The van der Waals surface area contributed by atoms with E-state index in [1.807, 2.05) is 42.5 Å². The molecule has 0 spiro atoms. The van der Waals surface area contributed by atoms with Crippen molar-refractivity contribution in [3.8, 4) is 5.75 Å². The topological polar surface area (TPSA) is 26.3 Å². The van der Waals surface area contributed by atoms with Crippen LogP contribution in [0.25, 0.3) is 0 Å². The molecule has 2 aromatic rings. The summed E-state index contributed by atoms with van der Waals surface area (Å²) in [4.78, 5) is 11.9. The van der Waals surface area contributed by atoms with Crippen LogP contribution >= 0.6 is 0 Å². The molecule has 2 heteroatoms. The fourth-order valence-electron chi connectivity index (χ4n) is 1.79. The second-order valence-corrected chi connectivity index (χ2v) is 4.04. The van der Waals surface area contributed by atoms with Crippen LogP contribution in [0.5, 0.6) is 5.75 Å². The normalized spacial score (nSPS) is 10.1. The molecular formula is C16H16O2. The van der Waals surface area contributed by atoms with Gasteiger partial charge in [-0.2, -0.15) is 0 Å². The fourth-order valence-corrected chi connectivity index (χ4v) is 1.79. The third-order valence-electron chi connectivity index (χ3n) is 2.81. The van der Waals surface area contributed by atoms with Crippen LogP contribution in [0.1, 0.15) is 22.8 Å². The molecule has 0 N–H and O–H groups in total. The average molecular weight is 240 g/mol. The lowest BCUT2D eigenvalue weighted by Crippen LogP contribution is -2.12. The first-order valence-corrected chi connectivity index (χ1v) is 6.10. The first-order valence-electron chi connectivity index (χ1n) is 6.10. The lowest BCUT2D eigenvalue weighted by atomic mass is 10.1. The van der Waals surface area contributed by atoms with E-state index in [2.05, 4.69) is 6.92 Å². The van der Waals surface area contributed by atoms with E-state index in [0.29, 0.717) is 5.56 Å². The van der Waals surface area contributed by atoms with Gasteiger partial charge in [0.2, 0.25) is 0 Å². The van der Waals surface area contributed by atoms with Gasteiger partial charge in [0.05, 0.1) is 0 Å². The van der Waals surface area contributed by atoms with Gasteiger partial charge < -0.3 is 4.74 Å². The van der Waals surface area contributed by atoms with E-state index in [1.165, 1.54) is 0 Å². The Balaban J connectivity index is 2.02. The molecule has 92 valence electrons. The summed E-state index contributed by atoms with van der Waals surface area (Å²) in [5.74, 6) is 0.797. The Morgan fingerprint density at radius 1 is 1.00 bits per heavy atom. The molecule has 18 heavy (non-hydrogen) atoms. The molecular weight excluding hydrogens is 224 g/mol. The Labute approximate surface area is 107 Å². The van der Waals surface area contributed by atoms with Gasteiger partial charge >= 0.3 is 0 Å². The molecule has 0 aliphatic heterocycles. The zero-order valence-corrected chi connectivity index (χ0v) is 10.4. The van der Waals surface area contributed by atoms with Crippen molar-refractivity contribution < 1.29 is 9.53 Å². The maximum atomic E-state index is 11.9. The Bertz CT molecular complexity index is 518. The van der Waals surface area contributed by atoms with Crippen LogP contribution < -0.4 is 4.74 Å². The molecule has 2 rings (SSSR count). The number of benzene rings is 2. The molecule has 0 fully saturated rings. The molecule has 0 aliphatic carbocycles. The van der Waals surface area contributed by atoms with Crippen LogP contribution in [0.3, 0.4) is 0 Å². The summed E-state index contributed by atoms with van der Waals surface area (Å²) in [5, 5.41) is 0. The molecule has 0 aliphatic rings. The number of rotatable bonds is 5. The minimum atomic E-state index is 0.00139. The van der Waals surface area contributed by atoms with Gasteiger partial charge in [-0.25, -0.2) is 0 Å². The van der Waals surface area contributed by atoms with Gasteiger partial charge in [0.15, 0.2) is 12.4 Å². The first kappa shape index (κ1) is 12.4. The van der Waals surface area contributed by atoms with Crippen molar-refractivity contribution in [1.29, 1.82) is 0 Å². The predicted octanol–water partition coefficient (Wildman–Crippen LogP) is 3.51. The third kappa shape index (κ3) is 2.98. The number of ketones is 1. The van der Waals surface area contributed by atoms with Gasteiger partial charge in [0.1, 0.15) is 5.75 Å². The summed E-state index contributed by atoms with van der Waals surface area (Å²) in [6.07, 6.45) is 0.899. The van der Waals surface area contributed by atoms with Crippen molar-refractivity contribution in [1.82, 2.24) is 0 Å². The molecule has 0 saturated heterocycles. The molecule has 0 radical (unpaired) electrons. The van der Waals surface area contributed by atoms with Crippen LogP contribution in [0.15, 0.2) is 54.6 Å². The Morgan fingerprint density at radius 3 is 2.39 bits per heavy atom. The molecule has 0 heterocycles. The van der Waals surface area contributed by atoms with Gasteiger partial charge in [0.25, 0.3) is 0 Å².